The molecule has 27 heavy (non-hydrogen) atoms. The molecule has 0 unspecified atom stereocenters. The number of rotatable bonds is 8. The highest BCUT2D eigenvalue weighted by Gasteiger charge is 2.49. The summed E-state index contributed by atoms with van der Waals surface area (Å²) in [6.45, 7) is 3.67. The fourth-order valence-electron chi connectivity index (χ4n) is 2.30. The number of alkyl halides is 3. The van der Waals surface area contributed by atoms with E-state index in [0.717, 1.165) is 37.5 Å². The number of nitrogens with zero attached hydrogens (tertiary/aromatic N) is 1. The van der Waals surface area contributed by atoms with Crippen LogP contribution in [-0.4, -0.2) is 31.9 Å². The molecule has 1 aliphatic rings. The first-order valence-electron chi connectivity index (χ1n) is 8.02. The van der Waals surface area contributed by atoms with E-state index < -0.39 is 21.5 Å². The van der Waals surface area contributed by atoms with E-state index in [9.17, 15) is 21.6 Å². The zero-order valence-electron chi connectivity index (χ0n) is 14.5. The molecule has 0 saturated heterocycles. The van der Waals surface area contributed by atoms with Crippen LogP contribution in [0.1, 0.15) is 30.7 Å². The largest absolute Gasteiger partial charge is 0.534 e. The summed E-state index contributed by atoms with van der Waals surface area (Å²) in [5, 5.41) is 0. The first kappa shape index (κ1) is 20.8. The Kier molecular flexibility index (Phi) is 6.53. The van der Waals surface area contributed by atoms with Crippen molar-refractivity contribution < 1.29 is 30.5 Å². The average Bonchev–Trinajstić information content (AvgIpc) is 3.17. The van der Waals surface area contributed by atoms with Crippen LogP contribution >= 0.6 is 0 Å². The SMILES string of the molecule is C=CCCCCc1ccc(/C=C2/N=C(OS(=O)(=O)C(F)(F)F)C=C2OC)[nH]1. The first-order chi connectivity index (χ1) is 12.7. The van der Waals surface area contributed by atoms with Gasteiger partial charge in [0.1, 0.15) is 11.5 Å². The third-order valence-electron chi connectivity index (χ3n) is 3.60. The Morgan fingerprint density at radius 1 is 1.30 bits per heavy atom. The van der Waals surface area contributed by atoms with Crippen LogP contribution < -0.4 is 0 Å². The zero-order valence-corrected chi connectivity index (χ0v) is 15.4. The molecule has 1 aromatic rings. The van der Waals surface area contributed by atoms with Gasteiger partial charge in [0.05, 0.1) is 7.11 Å². The third-order valence-corrected chi connectivity index (χ3v) is 4.56. The highest BCUT2D eigenvalue weighted by Crippen LogP contribution is 2.28. The van der Waals surface area contributed by atoms with Gasteiger partial charge in [0.25, 0.3) is 0 Å². The van der Waals surface area contributed by atoms with Crippen molar-refractivity contribution in [3.8, 4) is 0 Å². The number of allylic oxidation sites excluding steroid dienone is 1. The van der Waals surface area contributed by atoms with Gasteiger partial charge < -0.3 is 13.9 Å². The Hall–Kier alpha value is -2.49. The molecule has 2 heterocycles. The van der Waals surface area contributed by atoms with Crippen LogP contribution in [0.3, 0.4) is 0 Å². The number of ether oxygens (including phenoxy) is 1. The maximum atomic E-state index is 12.4. The number of hydrogen-bond donors (Lipinski definition) is 1. The second kappa shape index (κ2) is 8.47. The monoisotopic (exact) mass is 404 g/mol. The number of methoxy groups -OCH3 is 1. The number of aliphatic imine (C=N–C) groups is 1. The standard InChI is InChI=1S/C17H19F3N2O4S/c1-3-4-5-6-7-12-8-9-13(21-12)10-14-15(25-2)11-16(22-14)26-27(23,24)17(18,19)20/h3,8-11,21H,1,4-7H2,2H3/b14-10+. The van der Waals surface area contributed by atoms with Gasteiger partial charge in [0.15, 0.2) is 0 Å². The Labute approximate surface area is 155 Å². The van der Waals surface area contributed by atoms with E-state index in [-0.39, 0.29) is 11.5 Å². The maximum Gasteiger partial charge on any atom is 0.534 e. The molecule has 0 radical (unpaired) electrons. The van der Waals surface area contributed by atoms with Crippen molar-refractivity contribution in [1.82, 2.24) is 4.98 Å². The van der Waals surface area contributed by atoms with Crippen LogP contribution in [0.25, 0.3) is 6.08 Å². The summed E-state index contributed by atoms with van der Waals surface area (Å²) in [4.78, 5) is 6.91. The molecule has 0 aromatic carbocycles. The van der Waals surface area contributed by atoms with E-state index in [1.807, 2.05) is 12.1 Å². The maximum absolute atomic E-state index is 12.4. The van der Waals surface area contributed by atoms with E-state index in [1.165, 1.54) is 13.2 Å². The van der Waals surface area contributed by atoms with Gasteiger partial charge in [-0.05, 0) is 43.9 Å². The molecule has 6 nitrogen and oxygen atoms in total. The van der Waals surface area contributed by atoms with Gasteiger partial charge in [-0.25, -0.2) is 4.99 Å². The Morgan fingerprint density at radius 2 is 2.04 bits per heavy atom. The number of H-pyrrole nitrogens is 1. The predicted octanol–water partition coefficient (Wildman–Crippen LogP) is 4.06. The predicted molar refractivity (Wildman–Crippen MR) is 95.1 cm³/mol. The molecule has 0 aliphatic carbocycles. The molecule has 0 bridgehead atoms. The molecular weight excluding hydrogens is 385 g/mol. The lowest BCUT2D eigenvalue weighted by Crippen LogP contribution is -2.27. The molecule has 0 saturated carbocycles. The molecular formula is C17H19F3N2O4S. The molecule has 0 spiro atoms. The Bertz CT molecular complexity index is 880. The van der Waals surface area contributed by atoms with Gasteiger partial charge in [0, 0.05) is 17.5 Å². The lowest BCUT2D eigenvalue weighted by molar-refractivity contribution is -0.0504. The van der Waals surface area contributed by atoms with Crippen molar-refractivity contribution in [2.45, 2.75) is 31.2 Å². The van der Waals surface area contributed by atoms with Crippen molar-refractivity contribution in [3.05, 3.63) is 53.7 Å². The summed E-state index contributed by atoms with van der Waals surface area (Å²) in [7, 11) is -4.51. The van der Waals surface area contributed by atoms with Crippen molar-refractivity contribution in [2.75, 3.05) is 7.11 Å². The number of aryl methyl sites for hydroxylation is 1. The molecule has 1 aliphatic heterocycles. The number of aromatic amines is 1. The van der Waals surface area contributed by atoms with Gasteiger partial charge in [-0.2, -0.15) is 21.6 Å². The number of halogens is 3. The molecule has 1 N–H and O–H groups in total. The average molecular weight is 404 g/mol. The van der Waals surface area contributed by atoms with Gasteiger partial charge in [0.2, 0.25) is 5.90 Å². The first-order valence-corrected chi connectivity index (χ1v) is 9.43. The van der Waals surface area contributed by atoms with Crippen LogP contribution in [0.15, 0.2) is 47.3 Å². The highest BCUT2D eigenvalue weighted by molar-refractivity contribution is 7.88. The van der Waals surface area contributed by atoms with Crippen LogP contribution in [0.5, 0.6) is 0 Å². The minimum absolute atomic E-state index is 0.0875. The fraction of sp³-hybridized carbons (Fsp3) is 0.353. The Morgan fingerprint density at radius 3 is 2.67 bits per heavy atom. The van der Waals surface area contributed by atoms with Crippen molar-refractivity contribution in [3.63, 3.8) is 0 Å². The van der Waals surface area contributed by atoms with Crippen LogP contribution in [0.2, 0.25) is 0 Å². The summed E-state index contributed by atoms with van der Waals surface area (Å²) in [6, 6.07) is 3.67. The van der Waals surface area contributed by atoms with Gasteiger partial charge in [-0.15, -0.1) is 6.58 Å². The van der Waals surface area contributed by atoms with Crippen LogP contribution in [-0.2, 0) is 25.5 Å². The lowest BCUT2D eigenvalue weighted by Gasteiger charge is -2.07. The quantitative estimate of drug-likeness (QED) is 0.307. The second-order valence-corrected chi connectivity index (χ2v) is 7.19. The van der Waals surface area contributed by atoms with Gasteiger partial charge in [-0.1, -0.05) is 6.08 Å². The molecule has 10 heteroatoms. The summed E-state index contributed by atoms with van der Waals surface area (Å²) in [5.74, 6) is -0.629. The fourth-order valence-corrected chi connectivity index (χ4v) is 2.71. The highest BCUT2D eigenvalue weighted by atomic mass is 32.2. The number of hydrogen-bond acceptors (Lipinski definition) is 5. The number of aromatic nitrogens is 1. The Balaban J connectivity index is 2.13. The minimum Gasteiger partial charge on any atom is -0.494 e. The van der Waals surface area contributed by atoms with Crippen molar-refractivity contribution in [1.29, 1.82) is 0 Å². The lowest BCUT2D eigenvalue weighted by atomic mass is 10.1. The summed E-state index contributed by atoms with van der Waals surface area (Å²) < 4.78 is 68.5. The molecule has 1 aromatic heterocycles. The molecule has 0 fully saturated rings. The second-order valence-electron chi connectivity index (χ2n) is 5.65. The van der Waals surface area contributed by atoms with Gasteiger partial charge >= 0.3 is 15.6 Å². The van der Waals surface area contributed by atoms with Gasteiger partial charge in [-0.3, -0.25) is 0 Å². The molecule has 0 amide bonds. The zero-order chi connectivity index (χ0) is 20.1. The smallest absolute Gasteiger partial charge is 0.494 e. The van der Waals surface area contributed by atoms with E-state index in [4.69, 9.17) is 4.74 Å². The minimum atomic E-state index is -5.79. The summed E-state index contributed by atoms with van der Waals surface area (Å²) in [5.41, 5.74) is -3.75. The van der Waals surface area contributed by atoms with Crippen LogP contribution in [0.4, 0.5) is 13.2 Å². The topological polar surface area (TPSA) is 80.8 Å². The summed E-state index contributed by atoms with van der Waals surface area (Å²) >= 11 is 0. The number of nitrogens with one attached hydrogen (secondary N) is 1. The van der Waals surface area contributed by atoms with E-state index in [1.54, 1.807) is 6.07 Å². The third kappa shape index (κ3) is 5.49. The van der Waals surface area contributed by atoms with Crippen molar-refractivity contribution >= 4 is 22.1 Å². The molecule has 0 atom stereocenters. The van der Waals surface area contributed by atoms with Crippen molar-refractivity contribution in [2.24, 2.45) is 4.99 Å². The molecule has 2 rings (SSSR count). The van der Waals surface area contributed by atoms with Crippen LogP contribution in [0, 0.1) is 0 Å². The summed E-state index contributed by atoms with van der Waals surface area (Å²) in [6.07, 6.45) is 8.15. The van der Waals surface area contributed by atoms with E-state index in [2.05, 4.69) is 20.7 Å². The van der Waals surface area contributed by atoms with E-state index >= 15 is 0 Å². The number of unbranched alkanes of at least 4 members (excludes halogenated alkanes) is 2. The normalized spacial score (nSPS) is 16.2. The molecule has 148 valence electrons. The van der Waals surface area contributed by atoms with E-state index in [0.29, 0.717) is 5.69 Å².